The van der Waals surface area contributed by atoms with Crippen LogP contribution in [0.4, 0.5) is 0 Å². The second-order valence-electron chi connectivity index (χ2n) is 4.01. The van der Waals surface area contributed by atoms with Crippen molar-refractivity contribution in [2.45, 2.75) is 0 Å². The summed E-state index contributed by atoms with van der Waals surface area (Å²) in [5.74, 6) is -0.379. The number of para-hydroxylation sites is 1. The quantitative estimate of drug-likeness (QED) is 0.736. The Morgan fingerprint density at radius 3 is 2.15 bits per heavy atom. The minimum Gasteiger partial charge on any atom is -0.464 e. The number of carbonyl (C=O) groups is 1. The normalized spacial score (nSPS) is 9.60. The van der Waals surface area contributed by atoms with E-state index in [9.17, 15) is 9.59 Å². The summed E-state index contributed by atoms with van der Waals surface area (Å²) in [6.45, 7) is 0. The van der Waals surface area contributed by atoms with Crippen LogP contribution in [-0.4, -0.2) is 5.91 Å². The minimum atomic E-state index is -0.379. The monoisotopic (exact) mass is 267 g/mol. The van der Waals surface area contributed by atoms with E-state index >= 15 is 0 Å². The van der Waals surface area contributed by atoms with Gasteiger partial charge in [-0.25, -0.2) is 0 Å². The average Bonchev–Trinajstić information content (AvgIpc) is 2.49. The van der Waals surface area contributed by atoms with Gasteiger partial charge in [0.2, 0.25) is 5.91 Å². The number of hydrogen-bond donors (Lipinski definition) is 1. The zero-order chi connectivity index (χ0) is 14.4. The standard InChI is InChI=1S/C9H6O2.C7H7NO/c10-8-5-6-11-9-4-2-1-3-7(8)9;8-7(9)6-4-2-1-3-5-6/h1-6H;1-5H,(H2,8,9). The molecule has 0 unspecified atom stereocenters. The second-order valence-corrected chi connectivity index (χ2v) is 4.01. The molecule has 1 aromatic heterocycles. The summed E-state index contributed by atoms with van der Waals surface area (Å²) < 4.78 is 5.09. The van der Waals surface area contributed by atoms with Crippen molar-refractivity contribution < 1.29 is 9.21 Å². The molecule has 0 aliphatic rings. The van der Waals surface area contributed by atoms with E-state index in [0.29, 0.717) is 16.5 Å². The molecule has 0 saturated carbocycles. The van der Waals surface area contributed by atoms with Crippen molar-refractivity contribution in [3.8, 4) is 0 Å². The average molecular weight is 267 g/mol. The highest BCUT2D eigenvalue weighted by atomic mass is 16.3. The maximum absolute atomic E-state index is 11.1. The Balaban J connectivity index is 0.000000151. The molecule has 20 heavy (non-hydrogen) atoms. The molecular weight excluding hydrogens is 254 g/mol. The molecule has 0 bridgehead atoms. The van der Waals surface area contributed by atoms with Crippen LogP contribution in [0.2, 0.25) is 0 Å². The van der Waals surface area contributed by atoms with Crippen LogP contribution in [-0.2, 0) is 0 Å². The fourth-order valence-electron chi connectivity index (χ4n) is 1.63. The van der Waals surface area contributed by atoms with Crippen molar-refractivity contribution in [2.24, 2.45) is 5.73 Å². The van der Waals surface area contributed by atoms with Gasteiger partial charge in [0, 0.05) is 11.6 Å². The Bertz CT molecular complexity index is 758. The summed E-state index contributed by atoms with van der Waals surface area (Å²) in [7, 11) is 0. The van der Waals surface area contributed by atoms with Crippen LogP contribution in [0.3, 0.4) is 0 Å². The number of amides is 1. The van der Waals surface area contributed by atoms with Gasteiger partial charge in [-0.3, -0.25) is 9.59 Å². The van der Waals surface area contributed by atoms with Crippen molar-refractivity contribution in [1.82, 2.24) is 0 Å². The molecular formula is C16H13NO3. The van der Waals surface area contributed by atoms with Crippen molar-refractivity contribution in [1.29, 1.82) is 0 Å². The van der Waals surface area contributed by atoms with E-state index in [0.717, 1.165) is 0 Å². The molecule has 0 radical (unpaired) electrons. The first kappa shape index (κ1) is 13.5. The van der Waals surface area contributed by atoms with Gasteiger partial charge >= 0.3 is 0 Å². The van der Waals surface area contributed by atoms with E-state index < -0.39 is 0 Å². The van der Waals surface area contributed by atoms with Gasteiger partial charge in [0.05, 0.1) is 11.6 Å². The summed E-state index contributed by atoms with van der Waals surface area (Å²) in [5.41, 5.74) is 6.17. The molecule has 0 atom stereocenters. The summed E-state index contributed by atoms with van der Waals surface area (Å²) in [5, 5.41) is 0.634. The van der Waals surface area contributed by atoms with Crippen molar-refractivity contribution in [3.05, 3.63) is 82.7 Å². The van der Waals surface area contributed by atoms with Gasteiger partial charge in [0.15, 0.2) is 5.43 Å². The molecule has 2 aromatic carbocycles. The van der Waals surface area contributed by atoms with Gasteiger partial charge in [0.1, 0.15) is 5.58 Å². The number of carbonyl (C=O) groups excluding carboxylic acids is 1. The first-order valence-corrected chi connectivity index (χ1v) is 6.00. The van der Waals surface area contributed by atoms with E-state index in [2.05, 4.69) is 0 Å². The number of nitrogens with two attached hydrogens (primary N) is 1. The van der Waals surface area contributed by atoms with Crippen LogP contribution in [0.15, 0.2) is 76.1 Å². The third kappa shape index (κ3) is 3.32. The molecule has 3 rings (SSSR count). The first-order chi connectivity index (χ1) is 9.68. The fraction of sp³-hybridized carbons (Fsp3) is 0. The van der Waals surface area contributed by atoms with Crippen LogP contribution >= 0.6 is 0 Å². The van der Waals surface area contributed by atoms with Crippen LogP contribution in [0, 0.1) is 0 Å². The molecule has 0 spiro atoms. The Morgan fingerprint density at radius 2 is 1.55 bits per heavy atom. The summed E-state index contributed by atoms with van der Waals surface area (Å²) >= 11 is 0. The molecule has 1 amide bonds. The van der Waals surface area contributed by atoms with E-state index in [4.69, 9.17) is 10.2 Å². The van der Waals surface area contributed by atoms with Gasteiger partial charge < -0.3 is 10.2 Å². The predicted octanol–water partition coefficient (Wildman–Crippen LogP) is 2.58. The highest BCUT2D eigenvalue weighted by Gasteiger charge is 1.95. The maximum Gasteiger partial charge on any atom is 0.248 e. The van der Waals surface area contributed by atoms with Gasteiger partial charge in [-0.2, -0.15) is 0 Å². The molecule has 2 N–H and O–H groups in total. The van der Waals surface area contributed by atoms with Crippen LogP contribution in [0.25, 0.3) is 11.0 Å². The summed E-state index contributed by atoms with van der Waals surface area (Å²) in [6.07, 6.45) is 1.41. The highest BCUT2D eigenvalue weighted by molar-refractivity contribution is 5.92. The SMILES string of the molecule is NC(=O)c1ccccc1.O=c1ccoc2ccccc12. The van der Waals surface area contributed by atoms with E-state index in [-0.39, 0.29) is 11.3 Å². The molecule has 4 heteroatoms. The van der Waals surface area contributed by atoms with Gasteiger partial charge in [-0.05, 0) is 24.3 Å². The Morgan fingerprint density at radius 1 is 0.900 bits per heavy atom. The lowest BCUT2D eigenvalue weighted by atomic mass is 10.2. The van der Waals surface area contributed by atoms with Gasteiger partial charge in [-0.1, -0.05) is 30.3 Å². The number of fused-ring (bicyclic) bond motifs is 1. The van der Waals surface area contributed by atoms with E-state index in [1.165, 1.54) is 12.3 Å². The lowest BCUT2D eigenvalue weighted by Gasteiger charge is -1.91. The molecule has 1 heterocycles. The summed E-state index contributed by atoms with van der Waals surface area (Å²) in [6, 6.07) is 17.4. The largest absolute Gasteiger partial charge is 0.464 e. The van der Waals surface area contributed by atoms with Gasteiger partial charge in [-0.15, -0.1) is 0 Å². The Hall–Kier alpha value is -2.88. The second kappa shape index (κ2) is 6.33. The molecule has 3 aromatic rings. The zero-order valence-electron chi connectivity index (χ0n) is 10.7. The lowest BCUT2D eigenvalue weighted by molar-refractivity contribution is 0.100. The van der Waals surface area contributed by atoms with Crippen LogP contribution in [0.5, 0.6) is 0 Å². The maximum atomic E-state index is 11.1. The Labute approximate surface area is 115 Å². The van der Waals surface area contributed by atoms with Crippen LogP contribution in [0.1, 0.15) is 10.4 Å². The third-order valence-electron chi connectivity index (χ3n) is 2.63. The van der Waals surface area contributed by atoms with Gasteiger partial charge in [0.25, 0.3) is 0 Å². The molecule has 0 aliphatic carbocycles. The smallest absolute Gasteiger partial charge is 0.248 e. The number of primary amides is 1. The molecule has 100 valence electrons. The van der Waals surface area contributed by atoms with Crippen LogP contribution < -0.4 is 11.2 Å². The van der Waals surface area contributed by atoms with Crippen molar-refractivity contribution >= 4 is 16.9 Å². The predicted molar refractivity (Wildman–Crippen MR) is 77.4 cm³/mol. The third-order valence-corrected chi connectivity index (χ3v) is 2.63. The van der Waals surface area contributed by atoms with Crippen molar-refractivity contribution in [3.63, 3.8) is 0 Å². The van der Waals surface area contributed by atoms with E-state index in [1.54, 1.807) is 36.4 Å². The fourth-order valence-corrected chi connectivity index (χ4v) is 1.63. The molecule has 4 nitrogen and oxygen atoms in total. The molecule has 0 fully saturated rings. The first-order valence-electron chi connectivity index (χ1n) is 6.00. The molecule has 0 saturated heterocycles. The zero-order valence-corrected chi connectivity index (χ0v) is 10.7. The van der Waals surface area contributed by atoms with Crippen molar-refractivity contribution in [2.75, 3.05) is 0 Å². The van der Waals surface area contributed by atoms with E-state index in [1.807, 2.05) is 18.2 Å². The topological polar surface area (TPSA) is 73.3 Å². The highest BCUT2D eigenvalue weighted by Crippen LogP contribution is 2.06. The number of benzene rings is 2. The minimum absolute atomic E-state index is 0.00634. The number of hydrogen-bond acceptors (Lipinski definition) is 3. The lowest BCUT2D eigenvalue weighted by Crippen LogP contribution is -2.09. The Kier molecular flexibility index (Phi) is 4.29. The number of rotatable bonds is 1. The summed E-state index contributed by atoms with van der Waals surface area (Å²) in [4.78, 5) is 21.5. The molecule has 0 aliphatic heterocycles.